The van der Waals surface area contributed by atoms with Crippen molar-refractivity contribution >= 4 is 34.0 Å². The third-order valence-electron chi connectivity index (χ3n) is 11.1. The fourth-order valence-corrected chi connectivity index (χ4v) is 10.7. The van der Waals surface area contributed by atoms with Crippen LogP contribution in [0.3, 0.4) is 0 Å². The molecular formula is C49H28N6S3. The molecule has 12 rings (SSSR count). The molecule has 0 saturated carbocycles. The van der Waals surface area contributed by atoms with Crippen LogP contribution in [0.2, 0.25) is 0 Å². The first-order valence-electron chi connectivity index (χ1n) is 18.9. The van der Waals surface area contributed by atoms with Gasteiger partial charge >= 0.3 is 0 Å². The van der Waals surface area contributed by atoms with Crippen LogP contribution in [-0.4, -0.2) is 29.9 Å². The zero-order valence-electron chi connectivity index (χ0n) is 30.6. The number of nitrogens with zero attached hydrogens (tertiary/aromatic N) is 6. The largest absolute Gasteiger partial charge is 0.208 e. The molecule has 2 aliphatic rings. The fourth-order valence-electron chi connectivity index (χ4n) is 8.69. The van der Waals surface area contributed by atoms with E-state index >= 15 is 0 Å². The maximum absolute atomic E-state index is 5.14. The Bertz CT molecular complexity index is 3080. The highest BCUT2D eigenvalue weighted by molar-refractivity contribution is 7.14. The third-order valence-corrected chi connectivity index (χ3v) is 13.7. The minimum atomic E-state index is -0.615. The van der Waals surface area contributed by atoms with Crippen LogP contribution in [0.5, 0.6) is 0 Å². The Morgan fingerprint density at radius 1 is 0.293 bits per heavy atom. The molecule has 10 aromatic rings. The molecule has 6 nitrogen and oxygen atoms in total. The Balaban J connectivity index is 1.10. The van der Waals surface area contributed by atoms with E-state index in [2.05, 4.69) is 131 Å². The lowest BCUT2D eigenvalue weighted by Gasteiger charge is -2.31. The number of fused-ring (bicyclic) bond motifs is 10. The van der Waals surface area contributed by atoms with Gasteiger partial charge in [-0.3, -0.25) is 0 Å². The molecule has 0 atom stereocenters. The minimum Gasteiger partial charge on any atom is -0.208 e. The van der Waals surface area contributed by atoms with E-state index in [1.165, 1.54) is 44.5 Å². The van der Waals surface area contributed by atoms with Crippen molar-refractivity contribution in [2.45, 2.75) is 5.41 Å². The van der Waals surface area contributed by atoms with Crippen molar-refractivity contribution in [2.24, 2.45) is 0 Å². The lowest BCUT2D eigenvalue weighted by Crippen LogP contribution is -2.26. The summed E-state index contributed by atoms with van der Waals surface area (Å²) in [6.45, 7) is 0. The first-order chi connectivity index (χ1) is 28.7. The van der Waals surface area contributed by atoms with Crippen LogP contribution in [0, 0.1) is 0 Å². The minimum absolute atomic E-state index is 0.615. The van der Waals surface area contributed by atoms with Gasteiger partial charge < -0.3 is 0 Å². The lowest BCUT2D eigenvalue weighted by molar-refractivity contribution is 0.794. The smallest absolute Gasteiger partial charge is 0.174 e. The second-order valence-electron chi connectivity index (χ2n) is 14.3. The van der Waals surface area contributed by atoms with Crippen LogP contribution in [0.15, 0.2) is 168 Å². The van der Waals surface area contributed by atoms with Gasteiger partial charge in [0.25, 0.3) is 0 Å². The molecule has 5 aromatic heterocycles. The van der Waals surface area contributed by atoms with Crippen molar-refractivity contribution in [3.8, 4) is 88.5 Å². The van der Waals surface area contributed by atoms with Crippen LogP contribution >= 0.6 is 34.0 Å². The Hall–Kier alpha value is -6.78. The summed E-state index contributed by atoms with van der Waals surface area (Å²) < 4.78 is 0. The number of aromatic nitrogens is 6. The van der Waals surface area contributed by atoms with Crippen molar-refractivity contribution in [3.63, 3.8) is 0 Å². The highest BCUT2D eigenvalue weighted by Gasteiger charge is 2.52. The van der Waals surface area contributed by atoms with Crippen molar-refractivity contribution in [3.05, 3.63) is 190 Å². The monoisotopic (exact) mass is 796 g/mol. The Kier molecular flexibility index (Phi) is 7.56. The molecule has 0 unspecified atom stereocenters. The Morgan fingerprint density at radius 3 is 1.12 bits per heavy atom. The SMILES string of the molecule is c1ccc(-c2nc(-c3ccc4c(c3)C3(c5ccccc5-c5ccccc53)c3cc(-c5nc(-c6cccs6)nc(-c6cccs6)n5)ccc3-4)nc(-c3cccs3)n2)cc1. The summed E-state index contributed by atoms with van der Waals surface area (Å²) in [4.78, 5) is 33.4. The van der Waals surface area contributed by atoms with E-state index in [1.54, 1.807) is 34.0 Å². The van der Waals surface area contributed by atoms with Gasteiger partial charge in [0.15, 0.2) is 34.9 Å². The van der Waals surface area contributed by atoms with Gasteiger partial charge in [-0.05, 0) is 91.0 Å². The molecule has 272 valence electrons. The fraction of sp³-hybridized carbons (Fsp3) is 0.0204. The van der Waals surface area contributed by atoms with Gasteiger partial charge in [-0.1, -0.05) is 121 Å². The van der Waals surface area contributed by atoms with Crippen molar-refractivity contribution < 1.29 is 0 Å². The zero-order chi connectivity index (χ0) is 38.2. The van der Waals surface area contributed by atoms with Crippen LogP contribution in [0.4, 0.5) is 0 Å². The molecule has 0 amide bonds. The van der Waals surface area contributed by atoms with E-state index in [-0.39, 0.29) is 0 Å². The third kappa shape index (κ3) is 5.07. The molecule has 1 spiro atoms. The average Bonchev–Trinajstić information content (AvgIpc) is 4.16. The molecule has 0 bridgehead atoms. The van der Waals surface area contributed by atoms with Gasteiger partial charge in [-0.2, -0.15) is 0 Å². The first-order valence-corrected chi connectivity index (χ1v) is 21.5. The summed E-state index contributed by atoms with van der Waals surface area (Å²) in [6, 6.07) is 53.7. The van der Waals surface area contributed by atoms with E-state index in [0.29, 0.717) is 34.9 Å². The quantitative estimate of drug-likeness (QED) is 0.167. The molecule has 0 N–H and O–H groups in total. The number of benzene rings is 5. The second kappa shape index (κ2) is 13.1. The van der Waals surface area contributed by atoms with E-state index in [1.807, 2.05) is 36.4 Å². The highest BCUT2D eigenvalue weighted by Crippen LogP contribution is 2.63. The van der Waals surface area contributed by atoms with Crippen molar-refractivity contribution in [1.82, 2.24) is 29.9 Å². The van der Waals surface area contributed by atoms with Crippen LogP contribution in [0.1, 0.15) is 22.3 Å². The molecule has 0 fully saturated rings. The maximum Gasteiger partial charge on any atom is 0.174 e. The summed E-state index contributed by atoms with van der Waals surface area (Å²) in [7, 11) is 0. The molecule has 2 aliphatic carbocycles. The summed E-state index contributed by atoms with van der Waals surface area (Å²) in [5.74, 6) is 3.96. The molecule has 0 saturated heterocycles. The standard InChI is InChI=1S/C49H28N6S3/c1-2-11-29(12-3-1)43-50-44(52-46(51-43)40-17-8-24-56-40)30-20-22-34-35-23-21-31(45-53-47(41-18-9-25-57-41)55-48(54-45)42-19-10-26-58-42)28-39(35)49(38(34)27-30)36-15-6-4-13-32(36)33-14-5-7-16-37(33)49/h1-28H. The zero-order valence-corrected chi connectivity index (χ0v) is 33.0. The van der Waals surface area contributed by atoms with Gasteiger partial charge in [-0.25, -0.2) is 29.9 Å². The predicted molar refractivity (Wildman–Crippen MR) is 236 cm³/mol. The van der Waals surface area contributed by atoms with Crippen LogP contribution < -0.4 is 0 Å². The van der Waals surface area contributed by atoms with E-state index < -0.39 is 5.41 Å². The van der Waals surface area contributed by atoms with E-state index in [9.17, 15) is 0 Å². The number of rotatable bonds is 6. The first kappa shape index (κ1) is 33.4. The molecule has 58 heavy (non-hydrogen) atoms. The summed E-state index contributed by atoms with van der Waals surface area (Å²) >= 11 is 4.90. The number of thiophene rings is 3. The van der Waals surface area contributed by atoms with Gasteiger partial charge in [-0.15, -0.1) is 34.0 Å². The molecule has 9 heteroatoms. The molecule has 0 radical (unpaired) electrons. The van der Waals surface area contributed by atoms with Gasteiger partial charge in [0.05, 0.1) is 20.0 Å². The van der Waals surface area contributed by atoms with Gasteiger partial charge in [0.1, 0.15) is 0 Å². The summed E-state index contributed by atoms with van der Waals surface area (Å²) in [5.41, 5.74) is 11.9. The van der Waals surface area contributed by atoms with Gasteiger partial charge in [0, 0.05) is 16.7 Å². The lowest BCUT2D eigenvalue weighted by atomic mass is 9.70. The molecular weight excluding hydrogens is 769 g/mol. The Labute approximate surface area is 346 Å². The topological polar surface area (TPSA) is 77.3 Å². The molecule has 5 aromatic carbocycles. The van der Waals surface area contributed by atoms with Gasteiger partial charge in [0.2, 0.25) is 0 Å². The van der Waals surface area contributed by atoms with E-state index in [4.69, 9.17) is 29.9 Å². The molecule has 5 heterocycles. The molecule has 0 aliphatic heterocycles. The summed E-state index contributed by atoms with van der Waals surface area (Å²) in [6.07, 6.45) is 0. The highest BCUT2D eigenvalue weighted by atomic mass is 32.1. The van der Waals surface area contributed by atoms with E-state index in [0.717, 1.165) is 31.3 Å². The number of hydrogen-bond acceptors (Lipinski definition) is 9. The number of hydrogen-bond donors (Lipinski definition) is 0. The Morgan fingerprint density at radius 2 is 0.672 bits per heavy atom. The van der Waals surface area contributed by atoms with Crippen molar-refractivity contribution in [1.29, 1.82) is 0 Å². The second-order valence-corrected chi connectivity index (χ2v) is 17.1. The maximum atomic E-state index is 5.14. The summed E-state index contributed by atoms with van der Waals surface area (Å²) in [5, 5.41) is 6.18. The van der Waals surface area contributed by atoms with Crippen molar-refractivity contribution in [2.75, 3.05) is 0 Å². The average molecular weight is 797 g/mol. The van der Waals surface area contributed by atoms with Crippen LogP contribution in [-0.2, 0) is 5.41 Å². The normalized spacial score (nSPS) is 13.0. The van der Waals surface area contributed by atoms with Crippen LogP contribution in [0.25, 0.3) is 88.5 Å². The predicted octanol–water partition coefficient (Wildman–Crippen LogP) is 12.6.